The number of nitrogens with zero attached hydrogens (tertiary/aromatic N) is 1. The van der Waals surface area contributed by atoms with Crippen LogP contribution in [-0.2, 0) is 0 Å². The number of piperidine rings is 1. The summed E-state index contributed by atoms with van der Waals surface area (Å²) in [5, 5.41) is 10.0. The van der Waals surface area contributed by atoms with Crippen LogP contribution in [0.15, 0.2) is 18.2 Å². The van der Waals surface area contributed by atoms with E-state index in [1.807, 2.05) is 19.1 Å². The third kappa shape index (κ3) is 3.03. The maximum atomic E-state index is 10.0. The number of anilines is 1. The lowest BCUT2D eigenvalue weighted by atomic mass is 9.78. The second-order valence-electron chi connectivity index (χ2n) is 6.18. The lowest BCUT2D eigenvalue weighted by Gasteiger charge is -2.40. The van der Waals surface area contributed by atoms with Gasteiger partial charge in [-0.05, 0) is 31.2 Å². The van der Waals surface area contributed by atoms with E-state index in [4.69, 9.17) is 5.73 Å². The summed E-state index contributed by atoms with van der Waals surface area (Å²) in [6.45, 7) is 8.69. The number of hydrogen-bond acceptors (Lipinski definition) is 3. The summed E-state index contributed by atoms with van der Waals surface area (Å²) in [6.07, 6.45) is 3.69. The fraction of sp³-hybridized carbons (Fsp3) is 0.625. The normalized spacial score (nSPS) is 20.3. The quantitative estimate of drug-likeness (QED) is 0.877. The van der Waals surface area contributed by atoms with Gasteiger partial charge in [-0.2, -0.15) is 0 Å². The molecule has 0 aromatic heterocycles. The number of benzene rings is 1. The third-order valence-electron chi connectivity index (χ3n) is 4.69. The lowest BCUT2D eigenvalue weighted by molar-refractivity contribution is 0.238. The van der Waals surface area contributed by atoms with Crippen LogP contribution in [0.1, 0.15) is 51.6 Å². The number of hydrogen-bond donors (Lipinski definition) is 2. The van der Waals surface area contributed by atoms with E-state index in [0.717, 1.165) is 24.3 Å². The Balaban J connectivity index is 2.10. The molecule has 3 heteroatoms. The Kier molecular flexibility index (Phi) is 4.04. The van der Waals surface area contributed by atoms with E-state index in [0.29, 0.717) is 11.2 Å². The Morgan fingerprint density at radius 1 is 1.37 bits per heavy atom. The molecule has 0 saturated carbocycles. The zero-order valence-electron chi connectivity index (χ0n) is 12.3. The summed E-state index contributed by atoms with van der Waals surface area (Å²) >= 11 is 0. The molecule has 0 aliphatic carbocycles. The molecule has 0 amide bonds. The SMILES string of the molecule is CCC1(C)CCN(c2ccc(C(C)N)c(O)c2)CC1. The van der Waals surface area contributed by atoms with E-state index in [2.05, 4.69) is 24.8 Å². The largest absolute Gasteiger partial charge is 0.508 e. The molecule has 1 aromatic rings. The minimum absolute atomic E-state index is 0.126. The number of phenolic OH excluding ortho intramolecular Hbond substituents is 1. The average Bonchev–Trinajstić information content (AvgIpc) is 2.39. The van der Waals surface area contributed by atoms with Gasteiger partial charge < -0.3 is 15.7 Å². The molecule has 1 fully saturated rings. The van der Waals surface area contributed by atoms with Crippen LogP contribution in [0, 0.1) is 5.41 Å². The molecule has 0 bridgehead atoms. The monoisotopic (exact) mass is 262 g/mol. The first kappa shape index (κ1) is 14.2. The van der Waals surface area contributed by atoms with Crippen LogP contribution < -0.4 is 10.6 Å². The topological polar surface area (TPSA) is 49.5 Å². The number of nitrogens with two attached hydrogens (primary N) is 1. The molecule has 0 spiro atoms. The van der Waals surface area contributed by atoms with E-state index in [-0.39, 0.29) is 6.04 Å². The molecule has 19 heavy (non-hydrogen) atoms. The number of rotatable bonds is 3. The molecule has 1 aromatic carbocycles. The zero-order valence-corrected chi connectivity index (χ0v) is 12.3. The maximum absolute atomic E-state index is 10.0. The van der Waals surface area contributed by atoms with Crippen molar-refractivity contribution in [3.63, 3.8) is 0 Å². The van der Waals surface area contributed by atoms with Gasteiger partial charge in [0.15, 0.2) is 0 Å². The van der Waals surface area contributed by atoms with Gasteiger partial charge in [-0.25, -0.2) is 0 Å². The first-order chi connectivity index (χ1) is 8.95. The highest BCUT2D eigenvalue weighted by Crippen LogP contribution is 2.37. The van der Waals surface area contributed by atoms with Crippen LogP contribution in [0.5, 0.6) is 5.75 Å². The minimum atomic E-state index is -0.126. The predicted octanol–water partition coefficient (Wildman–Crippen LogP) is 3.43. The van der Waals surface area contributed by atoms with Crippen molar-refractivity contribution < 1.29 is 5.11 Å². The van der Waals surface area contributed by atoms with Crippen molar-refractivity contribution in [2.24, 2.45) is 11.1 Å². The Labute approximate surface area is 116 Å². The van der Waals surface area contributed by atoms with Crippen molar-refractivity contribution in [3.05, 3.63) is 23.8 Å². The molecule has 3 N–H and O–H groups in total. The molecule has 1 aliphatic heterocycles. The van der Waals surface area contributed by atoms with Gasteiger partial charge in [-0.3, -0.25) is 0 Å². The standard InChI is InChI=1S/C16H26N2O/c1-4-16(3)7-9-18(10-8-16)13-5-6-14(12(2)17)15(19)11-13/h5-6,11-12,19H,4,7-10,17H2,1-3H3. The molecular weight excluding hydrogens is 236 g/mol. The van der Waals surface area contributed by atoms with Crippen LogP contribution in [0.3, 0.4) is 0 Å². The highest BCUT2D eigenvalue weighted by Gasteiger charge is 2.28. The Hall–Kier alpha value is -1.22. The van der Waals surface area contributed by atoms with Crippen LogP contribution in [0.25, 0.3) is 0 Å². The Morgan fingerprint density at radius 3 is 2.47 bits per heavy atom. The van der Waals surface area contributed by atoms with Gasteiger partial charge in [-0.1, -0.05) is 26.3 Å². The van der Waals surface area contributed by atoms with Crippen molar-refractivity contribution in [1.29, 1.82) is 0 Å². The average molecular weight is 262 g/mol. The molecular formula is C16H26N2O. The summed E-state index contributed by atoms with van der Waals surface area (Å²) in [5.41, 5.74) is 8.24. The van der Waals surface area contributed by atoms with Crippen LogP contribution in [0.4, 0.5) is 5.69 Å². The molecule has 106 valence electrons. The Bertz CT molecular complexity index is 434. The third-order valence-corrected chi connectivity index (χ3v) is 4.69. The molecule has 3 nitrogen and oxygen atoms in total. The fourth-order valence-corrected chi connectivity index (χ4v) is 2.77. The van der Waals surface area contributed by atoms with Crippen LogP contribution >= 0.6 is 0 Å². The van der Waals surface area contributed by atoms with Crippen molar-refractivity contribution in [1.82, 2.24) is 0 Å². The van der Waals surface area contributed by atoms with Gasteiger partial charge in [0.1, 0.15) is 5.75 Å². The molecule has 0 radical (unpaired) electrons. The summed E-state index contributed by atoms with van der Waals surface area (Å²) in [4.78, 5) is 2.36. The first-order valence-corrected chi connectivity index (χ1v) is 7.28. The smallest absolute Gasteiger partial charge is 0.122 e. The van der Waals surface area contributed by atoms with Gasteiger partial charge in [0.2, 0.25) is 0 Å². The van der Waals surface area contributed by atoms with Crippen molar-refractivity contribution >= 4 is 5.69 Å². The molecule has 2 rings (SSSR count). The fourth-order valence-electron chi connectivity index (χ4n) is 2.77. The van der Waals surface area contributed by atoms with E-state index < -0.39 is 0 Å². The summed E-state index contributed by atoms with van der Waals surface area (Å²) in [7, 11) is 0. The lowest BCUT2D eigenvalue weighted by Crippen LogP contribution is -2.38. The van der Waals surface area contributed by atoms with E-state index in [1.165, 1.54) is 19.3 Å². The molecule has 1 saturated heterocycles. The molecule has 1 aliphatic rings. The second-order valence-corrected chi connectivity index (χ2v) is 6.18. The molecule has 1 unspecified atom stereocenters. The predicted molar refractivity (Wildman–Crippen MR) is 80.6 cm³/mol. The van der Waals surface area contributed by atoms with E-state index in [9.17, 15) is 5.11 Å². The Morgan fingerprint density at radius 2 is 2.00 bits per heavy atom. The van der Waals surface area contributed by atoms with Crippen molar-refractivity contribution in [2.75, 3.05) is 18.0 Å². The van der Waals surface area contributed by atoms with E-state index >= 15 is 0 Å². The zero-order chi connectivity index (χ0) is 14.0. The van der Waals surface area contributed by atoms with Crippen LogP contribution in [0.2, 0.25) is 0 Å². The number of phenols is 1. The molecule has 1 atom stereocenters. The second kappa shape index (κ2) is 5.41. The van der Waals surface area contributed by atoms with Gasteiger partial charge in [-0.15, -0.1) is 0 Å². The summed E-state index contributed by atoms with van der Waals surface area (Å²) < 4.78 is 0. The van der Waals surface area contributed by atoms with Gasteiger partial charge in [0.25, 0.3) is 0 Å². The van der Waals surface area contributed by atoms with Gasteiger partial charge in [0.05, 0.1) is 0 Å². The number of aromatic hydroxyl groups is 1. The van der Waals surface area contributed by atoms with Crippen LogP contribution in [-0.4, -0.2) is 18.2 Å². The first-order valence-electron chi connectivity index (χ1n) is 7.28. The summed E-state index contributed by atoms with van der Waals surface area (Å²) in [6, 6.07) is 5.75. The highest BCUT2D eigenvalue weighted by molar-refractivity contribution is 5.54. The highest BCUT2D eigenvalue weighted by atomic mass is 16.3. The van der Waals surface area contributed by atoms with Crippen molar-refractivity contribution in [3.8, 4) is 5.75 Å². The van der Waals surface area contributed by atoms with Gasteiger partial charge >= 0.3 is 0 Å². The molecule has 1 heterocycles. The summed E-state index contributed by atoms with van der Waals surface area (Å²) in [5.74, 6) is 0.316. The van der Waals surface area contributed by atoms with Crippen molar-refractivity contribution in [2.45, 2.75) is 46.1 Å². The van der Waals surface area contributed by atoms with Gasteiger partial charge in [0, 0.05) is 36.4 Å². The minimum Gasteiger partial charge on any atom is -0.508 e. The van der Waals surface area contributed by atoms with E-state index in [1.54, 1.807) is 0 Å². The maximum Gasteiger partial charge on any atom is 0.122 e.